The highest BCUT2D eigenvalue weighted by molar-refractivity contribution is 5.85. The molecule has 2 nitrogen and oxygen atoms in total. The monoisotopic (exact) mass is 500 g/mol. The second kappa shape index (κ2) is 16.5. The second-order valence-electron chi connectivity index (χ2n) is 13.4. The van der Waals surface area contributed by atoms with Crippen molar-refractivity contribution in [1.29, 1.82) is 0 Å². The van der Waals surface area contributed by atoms with Crippen LogP contribution in [0.3, 0.4) is 0 Å². The molecule has 0 bridgehead atoms. The fourth-order valence-electron chi connectivity index (χ4n) is 5.12. The van der Waals surface area contributed by atoms with Gasteiger partial charge >= 0.3 is 0 Å². The first-order chi connectivity index (χ1) is 16.9. The number of carbonyl (C=O) groups is 1. The molecule has 1 aromatic rings. The number of ketones is 1. The molecule has 0 saturated heterocycles. The van der Waals surface area contributed by atoms with E-state index in [9.17, 15) is 9.90 Å². The van der Waals surface area contributed by atoms with Crippen LogP contribution >= 0.6 is 0 Å². The minimum Gasteiger partial charge on any atom is -0.507 e. The Kier molecular flexibility index (Phi) is 15.0. The molecule has 1 aromatic carbocycles. The summed E-state index contributed by atoms with van der Waals surface area (Å²) < 4.78 is 0. The van der Waals surface area contributed by atoms with Gasteiger partial charge in [0.15, 0.2) is 0 Å². The van der Waals surface area contributed by atoms with Gasteiger partial charge in [-0.25, -0.2) is 0 Å². The quantitative estimate of drug-likeness (QED) is 0.203. The lowest BCUT2D eigenvalue weighted by atomic mass is 9.76. The van der Waals surface area contributed by atoms with Crippen molar-refractivity contribution in [3.05, 3.63) is 28.8 Å². The van der Waals surface area contributed by atoms with Crippen LogP contribution in [0.1, 0.15) is 181 Å². The Morgan fingerprint density at radius 1 is 0.667 bits per heavy atom. The number of phenols is 1. The van der Waals surface area contributed by atoms with Gasteiger partial charge in [0.2, 0.25) is 0 Å². The van der Waals surface area contributed by atoms with E-state index in [0.717, 1.165) is 29.5 Å². The Hall–Kier alpha value is -1.31. The Morgan fingerprint density at radius 3 is 1.33 bits per heavy atom. The van der Waals surface area contributed by atoms with Gasteiger partial charge in [0.05, 0.1) is 0 Å². The summed E-state index contributed by atoms with van der Waals surface area (Å²) in [6, 6.07) is 4.14. The van der Waals surface area contributed by atoms with Crippen molar-refractivity contribution in [2.45, 2.75) is 175 Å². The zero-order valence-electron chi connectivity index (χ0n) is 25.4. The van der Waals surface area contributed by atoms with Gasteiger partial charge in [0.25, 0.3) is 0 Å². The molecule has 0 heterocycles. The lowest BCUT2D eigenvalue weighted by Gasteiger charge is -2.29. The standard InChI is InChI=1S/C34H60O2/c1-9-10-11-12-13-14-15-16-17-18-19-20-21-22-23-24-31(35)27(2)28-25-29(33(3,4)5)32(36)30(26-28)34(6,7)8/h25-27,36H,9-24H2,1-8H3. The van der Waals surface area contributed by atoms with Crippen molar-refractivity contribution >= 4 is 5.78 Å². The first-order valence-corrected chi connectivity index (χ1v) is 15.3. The zero-order valence-corrected chi connectivity index (χ0v) is 25.4. The van der Waals surface area contributed by atoms with Crippen LogP contribution in [0.25, 0.3) is 0 Å². The maximum absolute atomic E-state index is 13.0. The van der Waals surface area contributed by atoms with Crippen molar-refractivity contribution < 1.29 is 9.90 Å². The number of phenolic OH excluding ortho intramolecular Hbond substituents is 1. The SMILES string of the molecule is CCCCCCCCCCCCCCCCCC(=O)C(C)c1cc(C(C)(C)C)c(O)c(C(C)(C)C)c1. The van der Waals surface area contributed by atoms with E-state index in [1.807, 2.05) is 6.92 Å². The van der Waals surface area contributed by atoms with Crippen LogP contribution in [-0.2, 0) is 15.6 Å². The number of rotatable bonds is 18. The van der Waals surface area contributed by atoms with Gasteiger partial charge in [-0.3, -0.25) is 4.79 Å². The summed E-state index contributed by atoms with van der Waals surface area (Å²) in [5.74, 6) is 0.593. The van der Waals surface area contributed by atoms with E-state index in [-0.39, 0.29) is 16.7 Å². The van der Waals surface area contributed by atoms with Crippen LogP contribution < -0.4 is 0 Å². The normalized spacial score (nSPS) is 13.2. The molecule has 0 saturated carbocycles. The fourth-order valence-corrected chi connectivity index (χ4v) is 5.12. The van der Waals surface area contributed by atoms with E-state index < -0.39 is 0 Å². The van der Waals surface area contributed by atoms with Crippen molar-refractivity contribution in [2.24, 2.45) is 0 Å². The van der Waals surface area contributed by atoms with E-state index in [1.165, 1.54) is 83.5 Å². The molecule has 2 heteroatoms. The maximum Gasteiger partial charge on any atom is 0.140 e. The summed E-state index contributed by atoms with van der Waals surface area (Å²) in [6.45, 7) is 17.1. The third-order valence-corrected chi connectivity index (χ3v) is 7.76. The highest BCUT2D eigenvalue weighted by Crippen LogP contribution is 2.41. The van der Waals surface area contributed by atoms with Crippen molar-refractivity contribution in [1.82, 2.24) is 0 Å². The first-order valence-electron chi connectivity index (χ1n) is 15.3. The van der Waals surface area contributed by atoms with Crippen molar-refractivity contribution in [2.75, 3.05) is 0 Å². The largest absolute Gasteiger partial charge is 0.507 e. The van der Waals surface area contributed by atoms with Gasteiger partial charge in [-0.15, -0.1) is 0 Å². The fraction of sp³-hybridized carbons (Fsp3) is 0.794. The predicted molar refractivity (Wildman–Crippen MR) is 158 cm³/mol. The average Bonchev–Trinajstić information content (AvgIpc) is 2.79. The van der Waals surface area contributed by atoms with E-state index in [4.69, 9.17) is 0 Å². The molecule has 1 unspecified atom stereocenters. The van der Waals surface area contributed by atoms with Crippen LogP contribution in [0.2, 0.25) is 0 Å². The molecule has 0 spiro atoms. The summed E-state index contributed by atoms with van der Waals surface area (Å²) in [7, 11) is 0. The molecule has 0 radical (unpaired) electrons. The number of Topliss-reactive ketones (excluding diaryl/α,β-unsaturated/α-hetero) is 1. The molecule has 36 heavy (non-hydrogen) atoms. The highest BCUT2D eigenvalue weighted by Gasteiger charge is 2.28. The average molecular weight is 501 g/mol. The molecule has 0 aliphatic heterocycles. The molecule has 0 aromatic heterocycles. The molecule has 0 aliphatic carbocycles. The van der Waals surface area contributed by atoms with Crippen LogP contribution in [-0.4, -0.2) is 10.9 Å². The van der Waals surface area contributed by atoms with Crippen LogP contribution in [0.15, 0.2) is 12.1 Å². The lowest BCUT2D eigenvalue weighted by molar-refractivity contribution is -0.120. The van der Waals surface area contributed by atoms with E-state index in [0.29, 0.717) is 18.0 Å². The maximum atomic E-state index is 13.0. The Bertz CT molecular complexity index is 712. The minimum absolute atomic E-state index is 0.126. The molecular formula is C34H60O2. The predicted octanol–water partition coefficient (Wildman–Crippen LogP) is 10.9. The summed E-state index contributed by atoms with van der Waals surface area (Å²) in [5, 5.41) is 11.0. The Morgan fingerprint density at radius 2 is 1.00 bits per heavy atom. The molecule has 0 amide bonds. The molecular weight excluding hydrogens is 440 g/mol. The number of unbranched alkanes of at least 4 members (excludes halogenated alkanes) is 14. The third kappa shape index (κ3) is 12.3. The summed E-state index contributed by atoms with van der Waals surface area (Å²) in [5.41, 5.74) is 2.59. The molecule has 1 rings (SSSR count). The van der Waals surface area contributed by atoms with Crippen molar-refractivity contribution in [3.8, 4) is 5.75 Å². The summed E-state index contributed by atoms with van der Waals surface area (Å²) in [4.78, 5) is 13.0. The molecule has 0 aliphatic rings. The molecule has 1 atom stereocenters. The Balaban J connectivity index is 2.34. The zero-order chi connectivity index (χ0) is 27.2. The van der Waals surface area contributed by atoms with E-state index >= 15 is 0 Å². The number of benzene rings is 1. The molecule has 208 valence electrons. The summed E-state index contributed by atoms with van der Waals surface area (Å²) in [6.07, 6.45) is 20.8. The number of hydrogen-bond donors (Lipinski definition) is 1. The van der Waals surface area contributed by atoms with Gasteiger partial charge in [-0.1, -0.05) is 157 Å². The summed E-state index contributed by atoms with van der Waals surface area (Å²) >= 11 is 0. The van der Waals surface area contributed by atoms with Crippen LogP contribution in [0, 0.1) is 0 Å². The molecule has 0 fully saturated rings. The second-order valence-corrected chi connectivity index (χ2v) is 13.4. The minimum atomic E-state index is -0.170. The third-order valence-electron chi connectivity index (χ3n) is 7.76. The highest BCUT2D eigenvalue weighted by atomic mass is 16.3. The van der Waals surface area contributed by atoms with Gasteiger partial charge < -0.3 is 5.11 Å². The van der Waals surface area contributed by atoms with Gasteiger partial charge in [-0.2, -0.15) is 0 Å². The van der Waals surface area contributed by atoms with Crippen molar-refractivity contribution in [3.63, 3.8) is 0 Å². The first kappa shape index (κ1) is 32.7. The molecule has 1 N–H and O–H groups in total. The van der Waals surface area contributed by atoms with Gasteiger partial charge in [0, 0.05) is 12.3 Å². The smallest absolute Gasteiger partial charge is 0.140 e. The number of aromatic hydroxyl groups is 1. The number of hydrogen-bond acceptors (Lipinski definition) is 2. The lowest BCUT2D eigenvalue weighted by Crippen LogP contribution is -2.19. The van der Waals surface area contributed by atoms with Crippen LogP contribution in [0.5, 0.6) is 5.75 Å². The van der Waals surface area contributed by atoms with Gasteiger partial charge in [0.1, 0.15) is 11.5 Å². The number of carbonyl (C=O) groups excluding carboxylic acids is 1. The Labute approximate surface area is 225 Å². The van der Waals surface area contributed by atoms with Crippen LogP contribution in [0.4, 0.5) is 0 Å². The van der Waals surface area contributed by atoms with E-state index in [2.05, 4.69) is 60.6 Å². The topological polar surface area (TPSA) is 37.3 Å². The van der Waals surface area contributed by atoms with Gasteiger partial charge in [-0.05, 0) is 33.9 Å². The van der Waals surface area contributed by atoms with E-state index in [1.54, 1.807) is 0 Å².